The van der Waals surface area contributed by atoms with E-state index in [-0.39, 0.29) is 37.6 Å². The quantitative estimate of drug-likeness (QED) is 0.372. The van der Waals surface area contributed by atoms with Gasteiger partial charge in [0.15, 0.2) is 0 Å². The molecule has 0 aromatic heterocycles. The first kappa shape index (κ1) is 20.9. The average molecular weight is 406 g/mol. The summed E-state index contributed by atoms with van der Waals surface area (Å²) in [5, 5.41) is 0. The molecule has 0 spiro atoms. The molecular formula is C24H22O6. The average Bonchev–Trinajstić information content (AvgIpc) is 2.80. The maximum atomic E-state index is 12.4. The van der Waals surface area contributed by atoms with Gasteiger partial charge in [-0.2, -0.15) is 0 Å². The molecule has 0 amide bonds. The van der Waals surface area contributed by atoms with Crippen LogP contribution in [0.3, 0.4) is 0 Å². The summed E-state index contributed by atoms with van der Waals surface area (Å²) in [5.41, 5.74) is 0.289. The molecule has 0 saturated carbocycles. The predicted molar refractivity (Wildman–Crippen MR) is 111 cm³/mol. The van der Waals surface area contributed by atoms with Crippen LogP contribution in [0.2, 0.25) is 0 Å². The Labute approximate surface area is 175 Å². The molecule has 0 aliphatic rings. The summed E-state index contributed by atoms with van der Waals surface area (Å²) in [7, 11) is 0. The van der Waals surface area contributed by atoms with Gasteiger partial charge in [-0.3, -0.25) is 0 Å². The van der Waals surface area contributed by atoms with Gasteiger partial charge in [0, 0.05) is 0 Å². The molecule has 0 aliphatic heterocycles. The lowest BCUT2D eigenvalue weighted by Crippen LogP contribution is -2.18. The Kier molecular flexibility index (Phi) is 7.85. The van der Waals surface area contributed by atoms with Crippen LogP contribution in [0.4, 0.5) is 0 Å². The van der Waals surface area contributed by atoms with Crippen molar-refractivity contribution in [2.75, 3.05) is 26.4 Å². The van der Waals surface area contributed by atoms with E-state index in [1.54, 1.807) is 12.1 Å². The van der Waals surface area contributed by atoms with E-state index < -0.39 is 11.9 Å². The van der Waals surface area contributed by atoms with Crippen molar-refractivity contribution < 1.29 is 28.5 Å². The first-order valence-corrected chi connectivity index (χ1v) is 9.53. The molecule has 0 saturated heterocycles. The van der Waals surface area contributed by atoms with Crippen LogP contribution in [0.5, 0.6) is 11.5 Å². The number of hydrogen-bond donors (Lipinski definition) is 0. The zero-order chi connectivity index (χ0) is 21.0. The molecule has 0 unspecified atom stereocenters. The fraction of sp³-hybridized carbons (Fsp3) is 0.167. The molecular weight excluding hydrogens is 384 g/mol. The van der Waals surface area contributed by atoms with E-state index in [2.05, 4.69) is 0 Å². The van der Waals surface area contributed by atoms with E-state index >= 15 is 0 Å². The molecule has 0 atom stereocenters. The molecule has 30 heavy (non-hydrogen) atoms. The molecule has 154 valence electrons. The van der Waals surface area contributed by atoms with Crippen molar-refractivity contribution >= 4 is 11.9 Å². The SMILES string of the molecule is O=C(OCCOc1ccccc1)c1ccccc1C(=O)OCCOc1ccccc1. The highest BCUT2D eigenvalue weighted by atomic mass is 16.6. The molecule has 0 radical (unpaired) electrons. The molecule has 0 heterocycles. The monoisotopic (exact) mass is 406 g/mol. The van der Waals surface area contributed by atoms with Gasteiger partial charge in [0.2, 0.25) is 0 Å². The summed E-state index contributed by atoms with van der Waals surface area (Å²) in [4.78, 5) is 24.8. The van der Waals surface area contributed by atoms with Gasteiger partial charge in [0.05, 0.1) is 11.1 Å². The Bertz CT molecular complexity index is 862. The molecule has 0 N–H and O–H groups in total. The summed E-state index contributed by atoms with van der Waals surface area (Å²) >= 11 is 0. The minimum absolute atomic E-state index is 0.0576. The number of rotatable bonds is 10. The molecule has 0 bridgehead atoms. The van der Waals surface area contributed by atoms with Crippen LogP contribution in [-0.4, -0.2) is 38.4 Å². The minimum atomic E-state index is -0.611. The minimum Gasteiger partial charge on any atom is -0.490 e. The van der Waals surface area contributed by atoms with Crippen molar-refractivity contribution in [3.63, 3.8) is 0 Å². The Morgan fingerprint density at radius 2 is 0.867 bits per heavy atom. The van der Waals surface area contributed by atoms with Gasteiger partial charge in [-0.1, -0.05) is 48.5 Å². The van der Waals surface area contributed by atoms with Crippen LogP contribution in [-0.2, 0) is 9.47 Å². The number of ether oxygens (including phenoxy) is 4. The highest BCUT2D eigenvalue weighted by Crippen LogP contribution is 2.13. The number of carbonyl (C=O) groups is 2. The zero-order valence-electron chi connectivity index (χ0n) is 16.4. The number of esters is 2. The van der Waals surface area contributed by atoms with E-state index in [0.29, 0.717) is 11.5 Å². The van der Waals surface area contributed by atoms with Crippen molar-refractivity contribution in [2.45, 2.75) is 0 Å². The maximum absolute atomic E-state index is 12.4. The zero-order valence-corrected chi connectivity index (χ0v) is 16.4. The molecule has 6 nitrogen and oxygen atoms in total. The Morgan fingerprint density at radius 3 is 1.27 bits per heavy atom. The van der Waals surface area contributed by atoms with Crippen LogP contribution in [0.15, 0.2) is 84.9 Å². The van der Waals surface area contributed by atoms with Gasteiger partial charge < -0.3 is 18.9 Å². The highest BCUT2D eigenvalue weighted by molar-refractivity contribution is 6.03. The highest BCUT2D eigenvalue weighted by Gasteiger charge is 2.19. The third-order valence-corrected chi connectivity index (χ3v) is 4.02. The fourth-order valence-electron chi connectivity index (χ4n) is 2.62. The van der Waals surface area contributed by atoms with E-state index in [1.165, 1.54) is 12.1 Å². The number of carbonyl (C=O) groups excluding carboxylic acids is 2. The summed E-state index contributed by atoms with van der Waals surface area (Å²) < 4.78 is 21.4. The second-order valence-corrected chi connectivity index (χ2v) is 6.14. The number of para-hydroxylation sites is 2. The molecule has 3 rings (SSSR count). The Morgan fingerprint density at radius 1 is 0.500 bits per heavy atom. The predicted octanol–water partition coefficient (Wildman–Crippen LogP) is 4.16. The van der Waals surface area contributed by atoms with E-state index in [1.807, 2.05) is 60.7 Å². The van der Waals surface area contributed by atoms with Crippen molar-refractivity contribution in [1.82, 2.24) is 0 Å². The lowest BCUT2D eigenvalue weighted by molar-refractivity contribution is 0.0405. The van der Waals surface area contributed by atoms with Crippen molar-refractivity contribution in [2.24, 2.45) is 0 Å². The molecule has 6 heteroatoms. The molecule has 0 aliphatic carbocycles. The Balaban J connectivity index is 1.46. The van der Waals surface area contributed by atoms with E-state index in [9.17, 15) is 9.59 Å². The van der Waals surface area contributed by atoms with Crippen LogP contribution < -0.4 is 9.47 Å². The molecule has 3 aromatic rings. The van der Waals surface area contributed by atoms with Crippen molar-refractivity contribution in [3.05, 3.63) is 96.1 Å². The van der Waals surface area contributed by atoms with Crippen molar-refractivity contribution in [3.8, 4) is 11.5 Å². The van der Waals surface area contributed by atoms with Gasteiger partial charge in [0.1, 0.15) is 37.9 Å². The topological polar surface area (TPSA) is 71.1 Å². The van der Waals surface area contributed by atoms with Crippen LogP contribution >= 0.6 is 0 Å². The van der Waals surface area contributed by atoms with E-state index in [4.69, 9.17) is 18.9 Å². The summed E-state index contributed by atoms with van der Waals surface area (Å²) in [5.74, 6) is 0.157. The molecule has 3 aromatic carbocycles. The van der Waals surface area contributed by atoms with Gasteiger partial charge in [-0.05, 0) is 36.4 Å². The second kappa shape index (κ2) is 11.3. The van der Waals surface area contributed by atoms with Crippen LogP contribution in [0, 0.1) is 0 Å². The number of hydrogen-bond acceptors (Lipinski definition) is 6. The summed E-state index contributed by atoms with van der Waals surface area (Å²) in [6, 6.07) is 24.8. The van der Waals surface area contributed by atoms with Gasteiger partial charge in [-0.25, -0.2) is 9.59 Å². The standard InChI is InChI=1S/C24H22O6/c25-23(29-17-15-27-19-9-3-1-4-10-19)21-13-7-8-14-22(21)24(26)30-18-16-28-20-11-5-2-6-12-20/h1-14H,15-18H2. The second-order valence-electron chi connectivity index (χ2n) is 6.14. The Hall–Kier alpha value is -3.80. The normalized spacial score (nSPS) is 10.1. The van der Waals surface area contributed by atoms with Gasteiger partial charge in [-0.15, -0.1) is 0 Å². The third kappa shape index (κ3) is 6.38. The summed E-state index contributed by atoms with van der Waals surface area (Å²) in [6.45, 7) is 0.530. The lowest BCUT2D eigenvalue weighted by Gasteiger charge is -2.11. The first-order chi connectivity index (χ1) is 14.7. The summed E-state index contributed by atoms with van der Waals surface area (Å²) in [6.07, 6.45) is 0. The smallest absolute Gasteiger partial charge is 0.339 e. The van der Waals surface area contributed by atoms with Gasteiger partial charge in [0.25, 0.3) is 0 Å². The largest absolute Gasteiger partial charge is 0.490 e. The number of benzene rings is 3. The van der Waals surface area contributed by atoms with Crippen LogP contribution in [0.1, 0.15) is 20.7 Å². The first-order valence-electron chi connectivity index (χ1n) is 9.53. The van der Waals surface area contributed by atoms with E-state index in [0.717, 1.165) is 0 Å². The van der Waals surface area contributed by atoms with Crippen molar-refractivity contribution in [1.29, 1.82) is 0 Å². The molecule has 0 fully saturated rings. The van der Waals surface area contributed by atoms with Crippen LogP contribution in [0.25, 0.3) is 0 Å². The fourth-order valence-corrected chi connectivity index (χ4v) is 2.62. The third-order valence-electron chi connectivity index (χ3n) is 4.02. The maximum Gasteiger partial charge on any atom is 0.339 e. The lowest BCUT2D eigenvalue weighted by atomic mass is 10.1. The van der Waals surface area contributed by atoms with Gasteiger partial charge >= 0.3 is 11.9 Å².